The van der Waals surface area contributed by atoms with Crippen molar-refractivity contribution in [3.8, 4) is 5.75 Å². The van der Waals surface area contributed by atoms with E-state index in [0.717, 1.165) is 5.69 Å². The number of aromatic nitrogens is 1. The van der Waals surface area contributed by atoms with Gasteiger partial charge in [-0.1, -0.05) is 0 Å². The number of ether oxygens (including phenoxy) is 3. The van der Waals surface area contributed by atoms with Gasteiger partial charge in [0, 0.05) is 20.4 Å². The molecule has 5 nitrogen and oxygen atoms in total. The van der Waals surface area contributed by atoms with Crippen LogP contribution >= 0.6 is 0 Å². The van der Waals surface area contributed by atoms with Gasteiger partial charge in [-0.05, 0) is 19.2 Å². The Balaban J connectivity index is 3.02. The Bertz CT molecular complexity index is 316. The Hall–Kier alpha value is -1.17. The number of methoxy groups -OCH3 is 3. The van der Waals surface area contributed by atoms with E-state index in [0.29, 0.717) is 5.75 Å². The van der Waals surface area contributed by atoms with Gasteiger partial charge in [0.15, 0.2) is 6.29 Å². The lowest BCUT2D eigenvalue weighted by Gasteiger charge is -2.24. The zero-order valence-electron chi connectivity index (χ0n) is 10.1. The van der Waals surface area contributed by atoms with E-state index in [1.54, 1.807) is 27.5 Å². The van der Waals surface area contributed by atoms with Crippen LogP contribution in [0, 0.1) is 0 Å². The summed E-state index contributed by atoms with van der Waals surface area (Å²) in [5, 5.41) is 3.10. The van der Waals surface area contributed by atoms with Gasteiger partial charge in [0.1, 0.15) is 17.5 Å². The lowest BCUT2D eigenvalue weighted by molar-refractivity contribution is -0.124. The van der Waals surface area contributed by atoms with Gasteiger partial charge in [0.25, 0.3) is 0 Å². The maximum absolute atomic E-state index is 5.25. The third kappa shape index (κ3) is 2.69. The van der Waals surface area contributed by atoms with Gasteiger partial charge in [0.2, 0.25) is 0 Å². The maximum Gasteiger partial charge on any atom is 0.177 e. The second-order valence-electron chi connectivity index (χ2n) is 3.20. The minimum atomic E-state index is -0.409. The summed E-state index contributed by atoms with van der Waals surface area (Å²) in [6.45, 7) is 0. The molecule has 1 aromatic heterocycles. The molecule has 1 rings (SSSR count). The fourth-order valence-corrected chi connectivity index (χ4v) is 1.58. The number of hydrogen-bond donors (Lipinski definition) is 1. The van der Waals surface area contributed by atoms with Crippen molar-refractivity contribution < 1.29 is 14.2 Å². The van der Waals surface area contributed by atoms with Crippen molar-refractivity contribution >= 4 is 0 Å². The Morgan fingerprint density at radius 1 is 1.25 bits per heavy atom. The predicted molar refractivity (Wildman–Crippen MR) is 60.4 cm³/mol. The molecule has 1 N–H and O–H groups in total. The molecule has 0 aliphatic carbocycles. The smallest absolute Gasteiger partial charge is 0.177 e. The summed E-state index contributed by atoms with van der Waals surface area (Å²) in [6, 6.07) is 3.50. The first-order valence-corrected chi connectivity index (χ1v) is 5.00. The molecule has 0 fully saturated rings. The fourth-order valence-electron chi connectivity index (χ4n) is 1.58. The van der Waals surface area contributed by atoms with Crippen molar-refractivity contribution in [2.45, 2.75) is 12.3 Å². The van der Waals surface area contributed by atoms with Crippen LogP contribution in [0.15, 0.2) is 18.3 Å². The molecule has 90 valence electrons. The Morgan fingerprint density at radius 2 is 1.94 bits per heavy atom. The van der Waals surface area contributed by atoms with E-state index in [2.05, 4.69) is 10.3 Å². The Morgan fingerprint density at radius 3 is 2.44 bits per heavy atom. The number of rotatable bonds is 6. The molecule has 0 radical (unpaired) electrons. The molecule has 5 heteroatoms. The number of pyridine rings is 1. The van der Waals surface area contributed by atoms with Gasteiger partial charge in [-0.25, -0.2) is 0 Å². The van der Waals surface area contributed by atoms with Gasteiger partial charge in [-0.3, -0.25) is 4.98 Å². The summed E-state index contributed by atoms with van der Waals surface area (Å²) in [7, 11) is 6.62. The molecule has 0 spiro atoms. The summed E-state index contributed by atoms with van der Waals surface area (Å²) in [5.41, 5.74) is 0.765. The van der Waals surface area contributed by atoms with Gasteiger partial charge in [0.05, 0.1) is 7.11 Å². The molecule has 0 aliphatic rings. The molecule has 16 heavy (non-hydrogen) atoms. The van der Waals surface area contributed by atoms with Crippen LogP contribution in [0.4, 0.5) is 0 Å². The lowest BCUT2D eigenvalue weighted by Crippen LogP contribution is -2.33. The van der Waals surface area contributed by atoms with Gasteiger partial charge in [-0.2, -0.15) is 0 Å². The average molecular weight is 226 g/mol. The van der Waals surface area contributed by atoms with Crippen LogP contribution in [-0.2, 0) is 9.47 Å². The van der Waals surface area contributed by atoms with E-state index >= 15 is 0 Å². The first-order valence-electron chi connectivity index (χ1n) is 5.00. The molecule has 0 saturated heterocycles. The van der Waals surface area contributed by atoms with Crippen molar-refractivity contribution in [3.05, 3.63) is 24.0 Å². The molecular weight excluding hydrogens is 208 g/mol. The summed E-state index contributed by atoms with van der Waals surface area (Å²) < 4.78 is 15.7. The third-order valence-corrected chi connectivity index (χ3v) is 2.36. The SMILES string of the molecule is CNC(c1ncccc1OC)C(OC)OC. The minimum Gasteiger partial charge on any atom is -0.495 e. The minimum absolute atomic E-state index is 0.175. The molecule has 0 bridgehead atoms. The average Bonchev–Trinajstić information content (AvgIpc) is 2.35. The van der Waals surface area contributed by atoms with E-state index in [9.17, 15) is 0 Å². The van der Waals surface area contributed by atoms with Crippen LogP contribution in [0.1, 0.15) is 11.7 Å². The molecule has 0 saturated carbocycles. The van der Waals surface area contributed by atoms with Gasteiger partial charge in [-0.15, -0.1) is 0 Å². The van der Waals surface area contributed by atoms with Crippen LogP contribution in [-0.4, -0.2) is 39.7 Å². The molecule has 0 aromatic carbocycles. The standard InChI is InChI=1S/C11H18N2O3/c1-12-10(11(15-3)16-4)9-8(14-2)6-5-7-13-9/h5-7,10-12H,1-4H3. The Kier molecular flexibility index (Phi) is 5.18. The fraction of sp³-hybridized carbons (Fsp3) is 0.545. The highest BCUT2D eigenvalue weighted by molar-refractivity contribution is 5.29. The van der Waals surface area contributed by atoms with Crippen molar-refractivity contribution in [3.63, 3.8) is 0 Å². The van der Waals surface area contributed by atoms with Crippen molar-refractivity contribution in [1.82, 2.24) is 10.3 Å². The lowest BCUT2D eigenvalue weighted by atomic mass is 10.1. The third-order valence-electron chi connectivity index (χ3n) is 2.36. The molecule has 1 unspecified atom stereocenters. The maximum atomic E-state index is 5.25. The zero-order chi connectivity index (χ0) is 12.0. The highest BCUT2D eigenvalue weighted by Crippen LogP contribution is 2.25. The molecular formula is C11H18N2O3. The second-order valence-corrected chi connectivity index (χ2v) is 3.20. The van der Waals surface area contributed by atoms with Crippen LogP contribution in [0.25, 0.3) is 0 Å². The Labute approximate surface area is 95.7 Å². The van der Waals surface area contributed by atoms with E-state index in [1.165, 1.54) is 0 Å². The van der Waals surface area contributed by atoms with Crippen molar-refractivity contribution in [2.24, 2.45) is 0 Å². The predicted octanol–water partition coefficient (Wildman–Crippen LogP) is 0.970. The molecule has 1 aromatic rings. The first kappa shape index (κ1) is 12.9. The molecule has 0 aliphatic heterocycles. The van der Waals surface area contributed by atoms with E-state index in [-0.39, 0.29) is 6.04 Å². The number of hydrogen-bond acceptors (Lipinski definition) is 5. The van der Waals surface area contributed by atoms with E-state index in [4.69, 9.17) is 14.2 Å². The summed E-state index contributed by atoms with van der Waals surface area (Å²) >= 11 is 0. The van der Waals surface area contributed by atoms with Crippen LogP contribution in [0.5, 0.6) is 5.75 Å². The largest absolute Gasteiger partial charge is 0.495 e. The summed E-state index contributed by atoms with van der Waals surface area (Å²) in [5.74, 6) is 0.709. The molecule has 0 amide bonds. The van der Waals surface area contributed by atoms with Gasteiger partial charge >= 0.3 is 0 Å². The topological polar surface area (TPSA) is 52.6 Å². The molecule has 1 atom stereocenters. The van der Waals surface area contributed by atoms with Gasteiger partial charge < -0.3 is 19.5 Å². The summed E-state index contributed by atoms with van der Waals surface area (Å²) in [6.07, 6.45) is 1.30. The quantitative estimate of drug-likeness (QED) is 0.732. The molecule has 1 heterocycles. The normalized spacial score (nSPS) is 12.8. The number of nitrogens with zero attached hydrogens (tertiary/aromatic N) is 1. The van der Waals surface area contributed by atoms with E-state index in [1.807, 2.05) is 19.2 Å². The second kappa shape index (κ2) is 6.42. The van der Waals surface area contributed by atoms with Crippen molar-refractivity contribution in [1.29, 1.82) is 0 Å². The van der Waals surface area contributed by atoms with Crippen LogP contribution < -0.4 is 10.1 Å². The number of nitrogens with one attached hydrogen (secondary N) is 1. The highest BCUT2D eigenvalue weighted by atomic mass is 16.7. The van der Waals surface area contributed by atoms with E-state index < -0.39 is 6.29 Å². The van der Waals surface area contributed by atoms with Crippen LogP contribution in [0.3, 0.4) is 0 Å². The first-order chi connectivity index (χ1) is 7.78. The number of likely N-dealkylation sites (N-methyl/N-ethyl adjacent to an activating group) is 1. The highest BCUT2D eigenvalue weighted by Gasteiger charge is 2.25. The van der Waals surface area contributed by atoms with Crippen molar-refractivity contribution in [2.75, 3.05) is 28.4 Å². The zero-order valence-corrected chi connectivity index (χ0v) is 10.1. The monoisotopic (exact) mass is 226 g/mol. The summed E-state index contributed by atoms with van der Waals surface area (Å²) in [4.78, 5) is 4.29. The van der Waals surface area contributed by atoms with Crippen LogP contribution in [0.2, 0.25) is 0 Å².